The van der Waals surface area contributed by atoms with E-state index in [2.05, 4.69) is 54.7 Å². The van der Waals surface area contributed by atoms with Gasteiger partial charge in [-0.2, -0.15) is 0 Å². The molecule has 0 aromatic heterocycles. The number of nitrogens with one attached hydrogen (secondary N) is 1. The van der Waals surface area contributed by atoms with Crippen molar-refractivity contribution in [3.63, 3.8) is 0 Å². The summed E-state index contributed by atoms with van der Waals surface area (Å²) >= 11 is 0. The largest absolute Gasteiger partial charge is 0.392 e. The van der Waals surface area contributed by atoms with Crippen molar-refractivity contribution in [3.8, 4) is 0 Å². The summed E-state index contributed by atoms with van der Waals surface area (Å²) in [5.41, 5.74) is 1.25. The lowest BCUT2D eigenvalue weighted by molar-refractivity contribution is 0.187. The Hall–Kier alpha value is -1.38. The summed E-state index contributed by atoms with van der Waals surface area (Å²) in [5.74, 6) is 0. The first-order valence-electron chi connectivity index (χ1n) is 6.07. The molecule has 0 bridgehead atoms. The standard InChI is InChI=1S/C15H19NO/c1-11(17)10-16-12(2)14-8-7-13-5-3-4-6-15(13)9-14/h3-9,11-12,16-17H,10H2,1-2H3. The van der Waals surface area contributed by atoms with E-state index in [1.165, 1.54) is 16.3 Å². The Morgan fingerprint density at radius 1 is 1.06 bits per heavy atom. The van der Waals surface area contributed by atoms with Crippen molar-refractivity contribution in [1.82, 2.24) is 5.32 Å². The van der Waals surface area contributed by atoms with E-state index in [1.54, 1.807) is 6.92 Å². The SMILES string of the molecule is CC(O)CNC(C)c1ccc2ccccc2c1. The van der Waals surface area contributed by atoms with Crippen LogP contribution in [-0.2, 0) is 0 Å². The quantitative estimate of drug-likeness (QED) is 0.845. The van der Waals surface area contributed by atoms with Crippen molar-refractivity contribution in [2.75, 3.05) is 6.54 Å². The maximum absolute atomic E-state index is 9.26. The summed E-state index contributed by atoms with van der Waals surface area (Å²) < 4.78 is 0. The molecule has 0 heterocycles. The van der Waals surface area contributed by atoms with Crippen molar-refractivity contribution >= 4 is 10.8 Å². The molecular weight excluding hydrogens is 210 g/mol. The number of aliphatic hydroxyl groups excluding tert-OH is 1. The summed E-state index contributed by atoms with van der Waals surface area (Å²) in [6.07, 6.45) is -0.307. The van der Waals surface area contributed by atoms with E-state index < -0.39 is 0 Å². The van der Waals surface area contributed by atoms with Crippen LogP contribution in [0, 0.1) is 0 Å². The van der Waals surface area contributed by atoms with E-state index >= 15 is 0 Å². The Bertz CT molecular complexity index is 493. The second-order valence-corrected chi connectivity index (χ2v) is 4.59. The molecule has 90 valence electrons. The fourth-order valence-electron chi connectivity index (χ4n) is 1.94. The average Bonchev–Trinajstić information content (AvgIpc) is 2.35. The van der Waals surface area contributed by atoms with Crippen LogP contribution in [0.25, 0.3) is 10.8 Å². The van der Waals surface area contributed by atoms with Gasteiger partial charge in [-0.1, -0.05) is 36.4 Å². The van der Waals surface area contributed by atoms with Gasteiger partial charge in [0.15, 0.2) is 0 Å². The van der Waals surface area contributed by atoms with Gasteiger partial charge >= 0.3 is 0 Å². The Kier molecular flexibility index (Phi) is 3.77. The van der Waals surface area contributed by atoms with Gasteiger partial charge in [0.25, 0.3) is 0 Å². The third-order valence-corrected chi connectivity index (χ3v) is 2.99. The number of aliphatic hydroxyl groups is 1. The van der Waals surface area contributed by atoms with Gasteiger partial charge in [0.2, 0.25) is 0 Å². The second-order valence-electron chi connectivity index (χ2n) is 4.59. The molecule has 0 aliphatic heterocycles. The third-order valence-electron chi connectivity index (χ3n) is 2.99. The maximum Gasteiger partial charge on any atom is 0.0636 e. The smallest absolute Gasteiger partial charge is 0.0636 e. The fourth-order valence-corrected chi connectivity index (χ4v) is 1.94. The van der Waals surface area contributed by atoms with Crippen LogP contribution in [0.15, 0.2) is 42.5 Å². The summed E-state index contributed by atoms with van der Waals surface area (Å²) in [7, 11) is 0. The van der Waals surface area contributed by atoms with Gasteiger partial charge in [-0.25, -0.2) is 0 Å². The van der Waals surface area contributed by atoms with Crippen LogP contribution in [0.4, 0.5) is 0 Å². The third kappa shape index (κ3) is 3.05. The van der Waals surface area contributed by atoms with Gasteiger partial charge in [-0.15, -0.1) is 0 Å². The van der Waals surface area contributed by atoms with E-state index in [4.69, 9.17) is 0 Å². The molecule has 0 aliphatic rings. The van der Waals surface area contributed by atoms with Gasteiger partial charge in [-0.05, 0) is 36.2 Å². The average molecular weight is 229 g/mol. The molecule has 2 aromatic carbocycles. The normalized spacial score (nSPS) is 14.8. The molecule has 0 saturated carbocycles. The monoisotopic (exact) mass is 229 g/mol. The minimum absolute atomic E-state index is 0.259. The van der Waals surface area contributed by atoms with Gasteiger partial charge in [-0.3, -0.25) is 0 Å². The lowest BCUT2D eigenvalue weighted by Gasteiger charge is -2.16. The predicted molar refractivity (Wildman–Crippen MR) is 72.0 cm³/mol. The molecular formula is C15H19NO. The zero-order valence-electron chi connectivity index (χ0n) is 10.4. The summed E-state index contributed by atoms with van der Waals surface area (Å²) in [6, 6.07) is 15.1. The first kappa shape index (κ1) is 12.1. The van der Waals surface area contributed by atoms with Crippen LogP contribution in [-0.4, -0.2) is 17.8 Å². The summed E-state index contributed by atoms with van der Waals surface area (Å²) in [5, 5.41) is 15.1. The van der Waals surface area contributed by atoms with Crippen LogP contribution >= 0.6 is 0 Å². The molecule has 0 amide bonds. The Labute approximate surface area is 102 Å². The number of benzene rings is 2. The molecule has 2 nitrogen and oxygen atoms in total. The van der Waals surface area contributed by atoms with Crippen LogP contribution < -0.4 is 5.32 Å². The summed E-state index contributed by atoms with van der Waals surface area (Å²) in [6.45, 7) is 4.53. The van der Waals surface area contributed by atoms with E-state index in [1.807, 2.05) is 0 Å². The van der Waals surface area contributed by atoms with Gasteiger partial charge in [0.1, 0.15) is 0 Å². The van der Waals surface area contributed by atoms with Crippen LogP contribution in [0.5, 0.6) is 0 Å². The van der Waals surface area contributed by atoms with Crippen molar-refractivity contribution in [2.45, 2.75) is 26.0 Å². The molecule has 2 rings (SSSR count). The van der Waals surface area contributed by atoms with Gasteiger partial charge in [0.05, 0.1) is 6.10 Å². The highest BCUT2D eigenvalue weighted by molar-refractivity contribution is 5.83. The molecule has 2 N–H and O–H groups in total. The van der Waals surface area contributed by atoms with Crippen molar-refractivity contribution in [3.05, 3.63) is 48.0 Å². The van der Waals surface area contributed by atoms with Gasteiger partial charge < -0.3 is 10.4 Å². The predicted octanol–water partition coefficient (Wildman–Crippen LogP) is 2.87. The first-order chi connectivity index (χ1) is 8.16. The zero-order valence-corrected chi connectivity index (χ0v) is 10.4. The summed E-state index contributed by atoms with van der Waals surface area (Å²) in [4.78, 5) is 0. The Morgan fingerprint density at radius 2 is 1.76 bits per heavy atom. The van der Waals surface area contributed by atoms with E-state index in [-0.39, 0.29) is 12.1 Å². The van der Waals surface area contributed by atoms with E-state index in [0.29, 0.717) is 6.54 Å². The topological polar surface area (TPSA) is 32.3 Å². The molecule has 0 aliphatic carbocycles. The number of hydrogen-bond acceptors (Lipinski definition) is 2. The van der Waals surface area contributed by atoms with Crippen molar-refractivity contribution in [1.29, 1.82) is 0 Å². The molecule has 17 heavy (non-hydrogen) atoms. The number of fused-ring (bicyclic) bond motifs is 1. The molecule has 0 radical (unpaired) electrons. The van der Waals surface area contributed by atoms with E-state index in [0.717, 1.165) is 0 Å². The fraction of sp³-hybridized carbons (Fsp3) is 0.333. The van der Waals surface area contributed by atoms with Gasteiger partial charge in [0, 0.05) is 12.6 Å². The number of rotatable bonds is 4. The van der Waals surface area contributed by atoms with Crippen molar-refractivity contribution in [2.24, 2.45) is 0 Å². The molecule has 2 unspecified atom stereocenters. The Morgan fingerprint density at radius 3 is 2.47 bits per heavy atom. The molecule has 2 atom stereocenters. The molecule has 2 aromatic rings. The van der Waals surface area contributed by atoms with E-state index in [9.17, 15) is 5.11 Å². The van der Waals surface area contributed by atoms with Crippen molar-refractivity contribution < 1.29 is 5.11 Å². The molecule has 2 heteroatoms. The minimum atomic E-state index is -0.307. The lowest BCUT2D eigenvalue weighted by atomic mass is 10.0. The van der Waals surface area contributed by atoms with Crippen LogP contribution in [0.3, 0.4) is 0 Å². The minimum Gasteiger partial charge on any atom is -0.392 e. The maximum atomic E-state index is 9.26. The highest BCUT2D eigenvalue weighted by Gasteiger charge is 2.06. The second kappa shape index (κ2) is 5.30. The number of hydrogen-bond donors (Lipinski definition) is 2. The molecule has 0 saturated heterocycles. The molecule has 0 spiro atoms. The zero-order chi connectivity index (χ0) is 12.3. The lowest BCUT2D eigenvalue weighted by Crippen LogP contribution is -2.27. The van der Waals surface area contributed by atoms with Crippen LogP contribution in [0.2, 0.25) is 0 Å². The first-order valence-corrected chi connectivity index (χ1v) is 6.07. The molecule has 0 fully saturated rings. The van der Waals surface area contributed by atoms with Crippen LogP contribution in [0.1, 0.15) is 25.5 Å². The Balaban J connectivity index is 2.18. The highest BCUT2D eigenvalue weighted by Crippen LogP contribution is 2.20. The highest BCUT2D eigenvalue weighted by atomic mass is 16.3.